The molecule has 0 unspecified atom stereocenters. The van der Waals surface area contributed by atoms with Crippen molar-refractivity contribution in [1.82, 2.24) is 14.7 Å². The van der Waals surface area contributed by atoms with Crippen LogP contribution in [0.5, 0.6) is 0 Å². The van der Waals surface area contributed by atoms with Crippen LogP contribution in [0.15, 0.2) is 18.2 Å². The van der Waals surface area contributed by atoms with Crippen LogP contribution in [0.1, 0.15) is 44.9 Å². The average molecular weight is 509 g/mol. The molecular formula is C25H34Cl2N4O3. The maximum atomic E-state index is 13.5. The summed E-state index contributed by atoms with van der Waals surface area (Å²) in [6, 6.07) is 5.95. The Hall–Kier alpha value is -1.70. The summed E-state index contributed by atoms with van der Waals surface area (Å²) >= 11 is 12.2. The van der Waals surface area contributed by atoms with Crippen LogP contribution in [0.25, 0.3) is 0 Å². The van der Waals surface area contributed by atoms with Crippen LogP contribution in [0, 0.1) is 5.41 Å². The number of anilines is 1. The third-order valence-corrected chi connectivity index (χ3v) is 9.06. The highest BCUT2D eigenvalue weighted by Crippen LogP contribution is 2.42. The maximum Gasteiger partial charge on any atom is 0.320 e. The topological polar surface area (TPSA) is 67.3 Å². The van der Waals surface area contributed by atoms with Gasteiger partial charge in [0.15, 0.2) is 0 Å². The van der Waals surface area contributed by atoms with Crippen molar-refractivity contribution >= 4 is 40.8 Å². The van der Waals surface area contributed by atoms with Gasteiger partial charge in [0.1, 0.15) is 0 Å². The number of nitrogens with zero attached hydrogens (tertiary/aromatic N) is 4. The van der Waals surface area contributed by atoms with Gasteiger partial charge in [0.25, 0.3) is 0 Å². The number of aliphatic hydroxyl groups is 1. The fourth-order valence-electron chi connectivity index (χ4n) is 6.28. The summed E-state index contributed by atoms with van der Waals surface area (Å²) in [5.41, 5.74) is 0.594. The number of carbonyl (C=O) groups excluding carboxylic acids is 2. The fraction of sp³-hybridized carbons (Fsp3) is 0.680. The molecule has 3 saturated heterocycles. The van der Waals surface area contributed by atoms with Crippen LogP contribution < -0.4 is 4.90 Å². The fourth-order valence-corrected chi connectivity index (χ4v) is 6.57. The second-order valence-corrected chi connectivity index (χ2v) is 11.2. The lowest BCUT2D eigenvalue weighted by Gasteiger charge is -2.43. The quantitative estimate of drug-likeness (QED) is 0.658. The molecule has 1 aliphatic carbocycles. The Bertz CT molecular complexity index is 931. The van der Waals surface area contributed by atoms with E-state index in [2.05, 4.69) is 9.80 Å². The molecule has 0 radical (unpaired) electrons. The Kier molecular flexibility index (Phi) is 6.88. The van der Waals surface area contributed by atoms with Crippen molar-refractivity contribution in [3.8, 4) is 0 Å². The Morgan fingerprint density at radius 2 is 1.65 bits per heavy atom. The molecule has 34 heavy (non-hydrogen) atoms. The summed E-state index contributed by atoms with van der Waals surface area (Å²) in [6.07, 6.45) is 5.68. The van der Waals surface area contributed by atoms with E-state index in [9.17, 15) is 14.7 Å². The van der Waals surface area contributed by atoms with Gasteiger partial charge in [-0.1, -0.05) is 23.2 Å². The minimum absolute atomic E-state index is 0.0555. The van der Waals surface area contributed by atoms with Crippen LogP contribution in [-0.2, 0) is 4.79 Å². The zero-order valence-electron chi connectivity index (χ0n) is 19.6. The van der Waals surface area contributed by atoms with E-state index in [-0.39, 0.29) is 24.1 Å². The molecule has 0 bridgehead atoms. The summed E-state index contributed by atoms with van der Waals surface area (Å²) in [4.78, 5) is 35.1. The van der Waals surface area contributed by atoms with Crippen molar-refractivity contribution in [3.63, 3.8) is 0 Å². The van der Waals surface area contributed by atoms with E-state index >= 15 is 0 Å². The Morgan fingerprint density at radius 3 is 2.35 bits per heavy atom. The Morgan fingerprint density at radius 1 is 0.912 bits per heavy atom. The highest BCUT2D eigenvalue weighted by Gasteiger charge is 2.51. The van der Waals surface area contributed by atoms with E-state index in [0.717, 1.165) is 76.8 Å². The van der Waals surface area contributed by atoms with E-state index in [1.165, 1.54) is 0 Å². The van der Waals surface area contributed by atoms with Crippen molar-refractivity contribution < 1.29 is 14.7 Å². The highest BCUT2D eigenvalue weighted by atomic mass is 35.5. The second kappa shape index (κ2) is 9.75. The molecule has 3 amide bonds. The third-order valence-electron chi connectivity index (χ3n) is 8.32. The van der Waals surface area contributed by atoms with Gasteiger partial charge in [-0.3, -0.25) is 4.79 Å². The number of halogens is 2. The molecule has 1 atom stereocenters. The number of amides is 3. The molecule has 1 saturated carbocycles. The number of aliphatic hydroxyl groups excluding tert-OH is 1. The standard InChI is InChI=1S/C25H34Cl2N4O3/c26-21-7-4-19(16-22(21)27)28-12-14-29(15-13-28)24(34)30-10-1-8-25(17-30)9-11-31(23(25)33)18-2-5-20(32)6-3-18/h4,7,16,18,20,32H,1-3,5-6,8-15,17H2/t18-,20-,25-/m1/s1. The van der Waals surface area contributed by atoms with Gasteiger partial charge in [0.05, 0.1) is 21.6 Å². The first-order valence-electron chi connectivity index (χ1n) is 12.6. The second-order valence-electron chi connectivity index (χ2n) is 10.4. The number of urea groups is 1. The number of hydrogen-bond acceptors (Lipinski definition) is 4. The SMILES string of the molecule is O=C(N1CCN(c2ccc(Cl)c(Cl)c2)CC1)N1CCC[C@@]2(CCN([C@H]3CC[C@H](O)CC3)C2=O)C1. The van der Waals surface area contributed by atoms with Crippen molar-refractivity contribution in [2.75, 3.05) is 50.7 Å². The molecule has 3 aliphatic heterocycles. The normalized spacial score (nSPS) is 30.4. The number of piperazine rings is 1. The van der Waals surface area contributed by atoms with Gasteiger partial charge in [0, 0.05) is 57.5 Å². The van der Waals surface area contributed by atoms with Crippen molar-refractivity contribution in [1.29, 1.82) is 0 Å². The molecule has 1 spiro atoms. The number of likely N-dealkylation sites (tertiary alicyclic amines) is 2. The average Bonchev–Trinajstić information content (AvgIpc) is 3.16. The van der Waals surface area contributed by atoms with E-state index in [0.29, 0.717) is 29.7 Å². The number of rotatable bonds is 2. The smallest absolute Gasteiger partial charge is 0.320 e. The minimum Gasteiger partial charge on any atom is -0.393 e. The zero-order valence-corrected chi connectivity index (χ0v) is 21.1. The van der Waals surface area contributed by atoms with E-state index in [1.54, 1.807) is 6.07 Å². The van der Waals surface area contributed by atoms with Crippen LogP contribution in [0.3, 0.4) is 0 Å². The molecule has 9 heteroatoms. The lowest BCUT2D eigenvalue weighted by molar-refractivity contribution is -0.141. The monoisotopic (exact) mass is 508 g/mol. The lowest BCUT2D eigenvalue weighted by atomic mass is 9.78. The molecular weight excluding hydrogens is 475 g/mol. The van der Waals surface area contributed by atoms with Crippen LogP contribution in [0.4, 0.5) is 10.5 Å². The van der Waals surface area contributed by atoms with Crippen LogP contribution >= 0.6 is 23.2 Å². The number of piperidine rings is 1. The van der Waals surface area contributed by atoms with Gasteiger partial charge in [-0.2, -0.15) is 0 Å². The first-order valence-corrected chi connectivity index (χ1v) is 13.3. The predicted octanol–water partition coefficient (Wildman–Crippen LogP) is 3.85. The van der Waals surface area contributed by atoms with Crippen LogP contribution in [0.2, 0.25) is 10.0 Å². The first-order chi connectivity index (χ1) is 16.4. The molecule has 4 aliphatic rings. The van der Waals surface area contributed by atoms with Crippen molar-refractivity contribution in [3.05, 3.63) is 28.2 Å². The van der Waals surface area contributed by atoms with Gasteiger partial charge >= 0.3 is 6.03 Å². The molecule has 3 heterocycles. The third kappa shape index (κ3) is 4.59. The summed E-state index contributed by atoms with van der Waals surface area (Å²) in [6.45, 7) is 4.80. The molecule has 0 aromatic heterocycles. The Balaban J connectivity index is 1.18. The van der Waals surface area contributed by atoms with Crippen molar-refractivity contribution in [2.45, 2.75) is 57.1 Å². The highest BCUT2D eigenvalue weighted by molar-refractivity contribution is 6.42. The summed E-state index contributed by atoms with van der Waals surface area (Å²) in [7, 11) is 0. The van der Waals surface area contributed by atoms with E-state index in [4.69, 9.17) is 23.2 Å². The van der Waals surface area contributed by atoms with Gasteiger partial charge < -0.3 is 24.7 Å². The van der Waals surface area contributed by atoms with Crippen LogP contribution in [-0.4, -0.2) is 89.7 Å². The van der Waals surface area contributed by atoms with E-state index < -0.39 is 5.41 Å². The summed E-state index contributed by atoms with van der Waals surface area (Å²) < 4.78 is 0. The lowest BCUT2D eigenvalue weighted by Crippen LogP contribution is -2.57. The number of benzene rings is 1. The molecule has 1 N–H and O–H groups in total. The molecule has 1 aromatic carbocycles. The minimum atomic E-state index is -0.425. The van der Waals surface area contributed by atoms with Gasteiger partial charge in [0.2, 0.25) is 5.91 Å². The maximum absolute atomic E-state index is 13.5. The Labute approximate surface area is 211 Å². The predicted molar refractivity (Wildman–Crippen MR) is 133 cm³/mol. The molecule has 1 aromatic rings. The van der Waals surface area contributed by atoms with Crippen molar-refractivity contribution in [2.24, 2.45) is 5.41 Å². The number of hydrogen-bond donors (Lipinski definition) is 1. The summed E-state index contributed by atoms with van der Waals surface area (Å²) in [5, 5.41) is 10.9. The van der Waals surface area contributed by atoms with Gasteiger partial charge in [-0.05, 0) is 63.1 Å². The molecule has 7 nitrogen and oxygen atoms in total. The van der Waals surface area contributed by atoms with Gasteiger partial charge in [-0.15, -0.1) is 0 Å². The molecule has 4 fully saturated rings. The van der Waals surface area contributed by atoms with E-state index in [1.807, 2.05) is 21.9 Å². The van der Waals surface area contributed by atoms with Gasteiger partial charge in [-0.25, -0.2) is 4.79 Å². The molecule has 5 rings (SSSR count). The first kappa shape index (κ1) is 24.0. The zero-order chi connectivity index (χ0) is 23.9. The number of carbonyl (C=O) groups is 2. The summed E-state index contributed by atoms with van der Waals surface area (Å²) in [5.74, 6) is 0.232. The molecule has 186 valence electrons. The largest absolute Gasteiger partial charge is 0.393 e.